The van der Waals surface area contributed by atoms with Crippen LogP contribution in [0.1, 0.15) is 11.1 Å². The molecule has 1 aromatic heterocycles. The Hall–Kier alpha value is -2.55. The molecule has 0 aliphatic heterocycles. The van der Waals surface area contributed by atoms with Crippen molar-refractivity contribution in [2.45, 2.75) is 6.18 Å². The molecule has 0 fully saturated rings. The van der Waals surface area contributed by atoms with Crippen molar-refractivity contribution >= 4 is 5.82 Å². The molecule has 0 aliphatic rings. The standard InChI is InChI=1S/C13H8F3N3/c14-13(15,16)11-5-10(7-19-12(11)18)9-3-1-2-8(4-9)6-17/h1-5,7H,(H2,18,19). The van der Waals surface area contributed by atoms with Gasteiger partial charge in [-0.2, -0.15) is 18.4 Å². The van der Waals surface area contributed by atoms with Gasteiger partial charge in [-0.3, -0.25) is 0 Å². The molecule has 0 unspecified atom stereocenters. The van der Waals surface area contributed by atoms with Gasteiger partial charge < -0.3 is 5.73 Å². The quantitative estimate of drug-likeness (QED) is 0.859. The van der Waals surface area contributed by atoms with Gasteiger partial charge in [-0.15, -0.1) is 0 Å². The number of halogens is 3. The maximum absolute atomic E-state index is 12.7. The van der Waals surface area contributed by atoms with Crippen LogP contribution >= 0.6 is 0 Å². The highest BCUT2D eigenvalue weighted by molar-refractivity contribution is 5.67. The van der Waals surface area contributed by atoms with Crippen molar-refractivity contribution in [3.05, 3.63) is 47.7 Å². The molecule has 6 heteroatoms. The minimum absolute atomic E-state index is 0.263. The molecule has 3 nitrogen and oxygen atoms in total. The number of anilines is 1. The van der Waals surface area contributed by atoms with Gasteiger partial charge in [-0.1, -0.05) is 12.1 Å². The van der Waals surface area contributed by atoms with Gasteiger partial charge in [0.2, 0.25) is 0 Å². The van der Waals surface area contributed by atoms with Crippen LogP contribution in [-0.4, -0.2) is 4.98 Å². The molecule has 1 aromatic carbocycles. The summed E-state index contributed by atoms with van der Waals surface area (Å²) in [5.74, 6) is -0.562. The van der Waals surface area contributed by atoms with E-state index < -0.39 is 17.6 Å². The number of nitrogens with zero attached hydrogens (tertiary/aromatic N) is 2. The van der Waals surface area contributed by atoms with Crippen molar-refractivity contribution in [1.82, 2.24) is 4.98 Å². The van der Waals surface area contributed by atoms with Gasteiger partial charge in [0.25, 0.3) is 0 Å². The smallest absolute Gasteiger partial charge is 0.383 e. The van der Waals surface area contributed by atoms with Crippen molar-refractivity contribution < 1.29 is 13.2 Å². The first kappa shape index (κ1) is 12.9. The van der Waals surface area contributed by atoms with Crippen LogP contribution in [0.4, 0.5) is 19.0 Å². The van der Waals surface area contributed by atoms with Crippen molar-refractivity contribution in [1.29, 1.82) is 5.26 Å². The second kappa shape index (κ2) is 4.61. The molecule has 0 radical (unpaired) electrons. The van der Waals surface area contributed by atoms with Gasteiger partial charge in [0.15, 0.2) is 0 Å². The molecule has 2 aromatic rings. The van der Waals surface area contributed by atoms with E-state index in [-0.39, 0.29) is 5.56 Å². The molecule has 0 amide bonds. The van der Waals surface area contributed by atoms with Crippen LogP contribution in [0.3, 0.4) is 0 Å². The summed E-state index contributed by atoms with van der Waals surface area (Å²) in [5, 5.41) is 8.77. The van der Waals surface area contributed by atoms with Gasteiger partial charge in [-0.05, 0) is 23.8 Å². The monoisotopic (exact) mass is 263 g/mol. The largest absolute Gasteiger partial charge is 0.419 e. The van der Waals surface area contributed by atoms with Crippen molar-refractivity contribution in [3.8, 4) is 17.2 Å². The Morgan fingerprint density at radius 1 is 1.16 bits per heavy atom. The second-order valence-corrected chi connectivity index (χ2v) is 3.85. The predicted octanol–water partition coefficient (Wildman–Crippen LogP) is 3.22. The third kappa shape index (κ3) is 2.65. The third-order valence-electron chi connectivity index (χ3n) is 2.55. The van der Waals surface area contributed by atoms with E-state index >= 15 is 0 Å². The zero-order valence-electron chi connectivity index (χ0n) is 9.57. The number of pyridine rings is 1. The number of aromatic nitrogens is 1. The zero-order valence-corrected chi connectivity index (χ0v) is 9.57. The van der Waals surface area contributed by atoms with E-state index in [0.29, 0.717) is 11.1 Å². The fraction of sp³-hybridized carbons (Fsp3) is 0.0769. The molecular weight excluding hydrogens is 255 g/mol. The van der Waals surface area contributed by atoms with E-state index in [2.05, 4.69) is 4.98 Å². The number of rotatable bonds is 1. The molecule has 2 rings (SSSR count). The lowest BCUT2D eigenvalue weighted by Crippen LogP contribution is -2.10. The van der Waals surface area contributed by atoms with Gasteiger partial charge in [0, 0.05) is 11.8 Å². The maximum atomic E-state index is 12.7. The van der Waals surface area contributed by atoms with E-state index in [1.807, 2.05) is 6.07 Å². The van der Waals surface area contributed by atoms with Gasteiger partial charge in [0.1, 0.15) is 5.82 Å². The van der Waals surface area contributed by atoms with Crippen molar-refractivity contribution in [2.24, 2.45) is 0 Å². The Kier molecular flexibility index (Phi) is 3.13. The van der Waals surface area contributed by atoms with Crippen LogP contribution in [0.2, 0.25) is 0 Å². The average molecular weight is 263 g/mol. The zero-order chi connectivity index (χ0) is 14.0. The SMILES string of the molecule is N#Cc1cccc(-c2cnc(N)c(C(F)(F)F)c2)c1. The minimum Gasteiger partial charge on any atom is -0.383 e. The topological polar surface area (TPSA) is 62.7 Å². The van der Waals surface area contributed by atoms with Crippen LogP contribution in [0.25, 0.3) is 11.1 Å². The molecule has 0 saturated carbocycles. The molecule has 0 spiro atoms. The normalized spacial score (nSPS) is 11.1. The summed E-state index contributed by atoms with van der Waals surface area (Å²) in [6, 6.07) is 9.12. The van der Waals surface area contributed by atoms with Gasteiger partial charge in [-0.25, -0.2) is 4.98 Å². The summed E-state index contributed by atoms with van der Waals surface area (Å²) in [4.78, 5) is 3.55. The fourth-order valence-corrected chi connectivity index (χ4v) is 1.63. The molecule has 0 aliphatic carbocycles. The van der Waals surface area contributed by atoms with Crippen LogP contribution in [0, 0.1) is 11.3 Å². The molecule has 96 valence electrons. The van der Waals surface area contributed by atoms with Crippen molar-refractivity contribution in [3.63, 3.8) is 0 Å². The molecule has 0 bridgehead atoms. The number of alkyl halides is 3. The average Bonchev–Trinajstić information content (AvgIpc) is 2.38. The lowest BCUT2D eigenvalue weighted by molar-refractivity contribution is -0.137. The summed E-state index contributed by atoms with van der Waals surface area (Å²) in [5.41, 5.74) is 5.36. The first-order valence-electron chi connectivity index (χ1n) is 5.25. The van der Waals surface area contributed by atoms with Crippen molar-refractivity contribution in [2.75, 3.05) is 5.73 Å². The molecule has 0 atom stereocenters. The number of nitrogen functional groups attached to an aromatic ring is 1. The van der Waals surface area contributed by atoms with Gasteiger partial charge in [0.05, 0.1) is 17.2 Å². The Balaban J connectivity index is 2.55. The van der Waals surface area contributed by atoms with Gasteiger partial charge >= 0.3 is 6.18 Å². The van der Waals surface area contributed by atoms with E-state index in [1.165, 1.54) is 12.3 Å². The Morgan fingerprint density at radius 2 is 1.89 bits per heavy atom. The molecule has 1 heterocycles. The summed E-state index contributed by atoms with van der Waals surface area (Å²) in [6.07, 6.45) is -3.30. The Labute approximate surface area is 107 Å². The lowest BCUT2D eigenvalue weighted by Gasteiger charge is -2.11. The Morgan fingerprint density at radius 3 is 2.53 bits per heavy atom. The fourth-order valence-electron chi connectivity index (χ4n) is 1.63. The molecular formula is C13H8F3N3. The summed E-state index contributed by atoms with van der Waals surface area (Å²) < 4.78 is 38.2. The van der Waals surface area contributed by atoms with E-state index in [9.17, 15) is 13.2 Å². The Bertz CT molecular complexity index is 657. The summed E-state index contributed by atoms with van der Waals surface area (Å²) in [7, 11) is 0. The number of hydrogen-bond acceptors (Lipinski definition) is 3. The van der Waals surface area contributed by atoms with E-state index in [0.717, 1.165) is 6.07 Å². The van der Waals surface area contributed by atoms with Crippen LogP contribution in [0.15, 0.2) is 36.5 Å². The first-order chi connectivity index (χ1) is 8.91. The maximum Gasteiger partial charge on any atom is 0.419 e. The van der Waals surface area contributed by atoms with Crippen LogP contribution in [0.5, 0.6) is 0 Å². The highest BCUT2D eigenvalue weighted by Crippen LogP contribution is 2.35. The number of nitrogens with two attached hydrogens (primary N) is 1. The van der Waals surface area contributed by atoms with Crippen LogP contribution < -0.4 is 5.73 Å². The number of benzene rings is 1. The first-order valence-corrected chi connectivity index (χ1v) is 5.25. The molecule has 19 heavy (non-hydrogen) atoms. The number of nitriles is 1. The summed E-state index contributed by atoms with van der Waals surface area (Å²) >= 11 is 0. The van der Waals surface area contributed by atoms with E-state index in [4.69, 9.17) is 11.0 Å². The highest BCUT2D eigenvalue weighted by Gasteiger charge is 2.34. The molecule has 2 N–H and O–H groups in total. The van der Waals surface area contributed by atoms with E-state index in [1.54, 1.807) is 18.2 Å². The highest BCUT2D eigenvalue weighted by atomic mass is 19.4. The lowest BCUT2D eigenvalue weighted by atomic mass is 10.0. The predicted molar refractivity (Wildman–Crippen MR) is 63.8 cm³/mol. The summed E-state index contributed by atoms with van der Waals surface area (Å²) in [6.45, 7) is 0. The third-order valence-corrected chi connectivity index (χ3v) is 2.55. The minimum atomic E-state index is -4.56. The van der Waals surface area contributed by atoms with Crippen LogP contribution in [-0.2, 0) is 6.18 Å². The number of hydrogen-bond donors (Lipinski definition) is 1. The second-order valence-electron chi connectivity index (χ2n) is 3.85. The molecule has 0 saturated heterocycles.